The van der Waals surface area contributed by atoms with Crippen molar-refractivity contribution in [3.63, 3.8) is 0 Å². The van der Waals surface area contributed by atoms with Gasteiger partial charge in [-0.2, -0.15) is 0 Å². The van der Waals surface area contributed by atoms with E-state index in [0.717, 1.165) is 30.5 Å². The van der Waals surface area contributed by atoms with Crippen molar-refractivity contribution in [1.82, 2.24) is 4.90 Å². The third-order valence-corrected chi connectivity index (χ3v) is 7.66. The van der Waals surface area contributed by atoms with Crippen molar-refractivity contribution in [3.05, 3.63) is 48.0 Å². The van der Waals surface area contributed by atoms with Gasteiger partial charge in [0.2, 0.25) is 5.91 Å². The molecule has 2 aromatic carbocycles. The predicted molar refractivity (Wildman–Crippen MR) is 139 cm³/mol. The molecule has 1 atom stereocenters. The molecule has 1 N–H and O–H groups in total. The minimum Gasteiger partial charge on any atom is -0.497 e. The van der Waals surface area contributed by atoms with Gasteiger partial charge in [-0.1, -0.05) is 20.8 Å². The lowest BCUT2D eigenvalue weighted by atomic mass is 9.99. The molecule has 0 saturated carbocycles. The average Bonchev–Trinajstić information content (AvgIpc) is 2.82. The van der Waals surface area contributed by atoms with Gasteiger partial charge in [-0.15, -0.1) is 0 Å². The molecule has 0 fully saturated rings. The number of methoxy groups -OCH3 is 1. The summed E-state index contributed by atoms with van der Waals surface area (Å²) in [5, 5.41) is 0. The molecule has 0 aromatic heterocycles. The number of carbonyl (C=O) groups excluding carboxylic acids is 1. The molecule has 2 rings (SSSR count). The molecule has 34 heavy (non-hydrogen) atoms. The van der Waals surface area contributed by atoms with Crippen LogP contribution in [0.2, 0.25) is 0 Å². The van der Waals surface area contributed by atoms with Gasteiger partial charge in [-0.3, -0.25) is 9.52 Å². The quantitative estimate of drug-likeness (QED) is 0.447. The van der Waals surface area contributed by atoms with E-state index < -0.39 is 10.0 Å². The lowest BCUT2D eigenvalue weighted by molar-refractivity contribution is -0.138. The Morgan fingerprint density at radius 2 is 1.62 bits per heavy atom. The van der Waals surface area contributed by atoms with E-state index in [2.05, 4.69) is 18.6 Å². The first-order chi connectivity index (χ1) is 16.1. The number of hydrogen-bond acceptors (Lipinski definition) is 5. The minimum atomic E-state index is -3.78. The normalized spacial score (nSPS) is 12.4. The Balaban J connectivity index is 2.42. The topological polar surface area (TPSA) is 79.0 Å². The number of carbonyl (C=O) groups is 1. The number of nitrogens with one attached hydrogen (secondary N) is 1. The van der Waals surface area contributed by atoms with Crippen LogP contribution in [0.4, 0.5) is 11.4 Å². The molecule has 188 valence electrons. The largest absolute Gasteiger partial charge is 0.497 e. The van der Waals surface area contributed by atoms with Crippen molar-refractivity contribution < 1.29 is 17.9 Å². The summed E-state index contributed by atoms with van der Waals surface area (Å²) >= 11 is 0. The van der Waals surface area contributed by atoms with Gasteiger partial charge in [0.05, 0.1) is 12.0 Å². The van der Waals surface area contributed by atoms with E-state index in [1.807, 2.05) is 49.9 Å². The fourth-order valence-corrected chi connectivity index (χ4v) is 4.96. The fourth-order valence-electron chi connectivity index (χ4n) is 3.91. The van der Waals surface area contributed by atoms with E-state index in [-0.39, 0.29) is 22.8 Å². The standard InChI is InChI=1S/C26H39N3O4S/c1-8-19(4)29(26(30)20(9-2)10-3)18-21-17-22(11-16-25(21)28(5)6)27-34(31,32)24-14-12-23(33-7)13-15-24/h11-17,19-20,27H,8-10,18H2,1-7H3/t19-/m1/s1. The van der Waals surface area contributed by atoms with Crippen molar-refractivity contribution >= 4 is 27.3 Å². The van der Waals surface area contributed by atoms with Crippen LogP contribution in [0.25, 0.3) is 0 Å². The predicted octanol–water partition coefficient (Wildman–Crippen LogP) is 5.13. The molecule has 0 aliphatic carbocycles. The molecule has 0 heterocycles. The van der Waals surface area contributed by atoms with Gasteiger partial charge in [-0.05, 0) is 74.2 Å². The van der Waals surface area contributed by atoms with Crippen molar-refractivity contribution in [3.8, 4) is 5.75 Å². The summed E-state index contributed by atoms with van der Waals surface area (Å²) in [6.07, 6.45) is 2.43. The molecule has 7 nitrogen and oxygen atoms in total. The molecule has 0 saturated heterocycles. The molecule has 0 aliphatic rings. The molecule has 0 bridgehead atoms. The van der Waals surface area contributed by atoms with Gasteiger partial charge in [0.1, 0.15) is 5.75 Å². The smallest absolute Gasteiger partial charge is 0.261 e. The third kappa shape index (κ3) is 6.65. The summed E-state index contributed by atoms with van der Waals surface area (Å²) in [4.78, 5) is 17.4. The van der Waals surface area contributed by atoms with Gasteiger partial charge in [0.25, 0.3) is 10.0 Å². The molecule has 1 amide bonds. The van der Waals surface area contributed by atoms with Crippen molar-refractivity contribution in [2.75, 3.05) is 30.8 Å². The van der Waals surface area contributed by atoms with Crippen molar-refractivity contribution in [1.29, 1.82) is 0 Å². The van der Waals surface area contributed by atoms with Crippen LogP contribution in [0.15, 0.2) is 47.4 Å². The average molecular weight is 490 g/mol. The highest BCUT2D eigenvalue weighted by molar-refractivity contribution is 7.92. The summed E-state index contributed by atoms with van der Waals surface area (Å²) in [5.74, 6) is 0.714. The van der Waals surface area contributed by atoms with Gasteiger partial charge in [0, 0.05) is 44.0 Å². The van der Waals surface area contributed by atoms with E-state index in [4.69, 9.17) is 4.74 Å². The van der Waals surface area contributed by atoms with Crippen LogP contribution in [0.3, 0.4) is 0 Å². The SMILES string of the molecule is CCC(CC)C(=O)N(Cc1cc(NS(=O)(=O)c2ccc(OC)cc2)ccc1N(C)C)[C@H](C)CC. The second-order valence-electron chi connectivity index (χ2n) is 8.76. The van der Waals surface area contributed by atoms with Crippen LogP contribution in [-0.4, -0.2) is 46.5 Å². The van der Waals surface area contributed by atoms with Crippen LogP contribution >= 0.6 is 0 Å². The molecular weight excluding hydrogens is 450 g/mol. The Bertz CT molecular complexity index is 1050. The van der Waals surface area contributed by atoms with E-state index in [1.54, 1.807) is 18.2 Å². The molecule has 0 spiro atoms. The number of hydrogen-bond donors (Lipinski definition) is 1. The first kappa shape index (κ1) is 27.5. The summed E-state index contributed by atoms with van der Waals surface area (Å²) in [6, 6.07) is 11.8. The number of anilines is 2. The van der Waals surface area contributed by atoms with Gasteiger partial charge < -0.3 is 14.5 Å². The number of benzene rings is 2. The molecular formula is C26H39N3O4S. The Kier molecular flexibility index (Phi) is 9.79. The lowest BCUT2D eigenvalue weighted by Gasteiger charge is -2.33. The van der Waals surface area contributed by atoms with Crippen molar-refractivity contribution in [2.24, 2.45) is 5.92 Å². The highest BCUT2D eigenvalue weighted by Crippen LogP contribution is 2.28. The van der Waals surface area contributed by atoms with Crippen LogP contribution in [0.5, 0.6) is 5.75 Å². The summed E-state index contributed by atoms with van der Waals surface area (Å²) in [6.45, 7) is 8.63. The van der Waals surface area contributed by atoms with Crippen LogP contribution in [0.1, 0.15) is 52.5 Å². The molecule has 0 radical (unpaired) electrons. The van der Waals surface area contributed by atoms with Crippen LogP contribution < -0.4 is 14.4 Å². The Morgan fingerprint density at radius 3 is 2.12 bits per heavy atom. The number of rotatable bonds is 12. The number of nitrogens with zero attached hydrogens (tertiary/aromatic N) is 2. The van der Waals surface area contributed by atoms with E-state index in [1.165, 1.54) is 19.2 Å². The molecule has 2 aromatic rings. The summed E-state index contributed by atoms with van der Waals surface area (Å²) < 4.78 is 33.7. The summed E-state index contributed by atoms with van der Waals surface area (Å²) in [7, 11) is 1.64. The molecule has 0 unspecified atom stereocenters. The number of sulfonamides is 1. The minimum absolute atomic E-state index is 0.0198. The van der Waals surface area contributed by atoms with Crippen LogP contribution in [-0.2, 0) is 21.4 Å². The third-order valence-electron chi connectivity index (χ3n) is 6.26. The maximum absolute atomic E-state index is 13.3. The number of ether oxygens (including phenoxy) is 1. The molecule has 8 heteroatoms. The first-order valence-corrected chi connectivity index (χ1v) is 13.3. The Hall–Kier alpha value is -2.74. The monoisotopic (exact) mass is 489 g/mol. The maximum Gasteiger partial charge on any atom is 0.261 e. The maximum atomic E-state index is 13.3. The highest BCUT2D eigenvalue weighted by atomic mass is 32.2. The Labute approximate surface area is 205 Å². The van der Waals surface area contributed by atoms with Crippen molar-refractivity contribution in [2.45, 2.75) is 64.4 Å². The zero-order valence-electron chi connectivity index (χ0n) is 21.5. The Morgan fingerprint density at radius 1 is 1.00 bits per heavy atom. The first-order valence-electron chi connectivity index (χ1n) is 11.8. The molecule has 0 aliphatic heterocycles. The van der Waals surface area contributed by atoms with E-state index >= 15 is 0 Å². The van der Waals surface area contributed by atoms with Crippen LogP contribution in [0, 0.1) is 5.92 Å². The van der Waals surface area contributed by atoms with E-state index in [0.29, 0.717) is 18.0 Å². The van der Waals surface area contributed by atoms with Gasteiger partial charge in [-0.25, -0.2) is 8.42 Å². The number of amides is 1. The lowest BCUT2D eigenvalue weighted by Crippen LogP contribution is -2.41. The highest BCUT2D eigenvalue weighted by Gasteiger charge is 2.26. The van der Waals surface area contributed by atoms with Gasteiger partial charge >= 0.3 is 0 Å². The van der Waals surface area contributed by atoms with Gasteiger partial charge in [0.15, 0.2) is 0 Å². The second-order valence-corrected chi connectivity index (χ2v) is 10.4. The zero-order chi connectivity index (χ0) is 25.5. The fraction of sp³-hybridized carbons (Fsp3) is 0.500. The van der Waals surface area contributed by atoms with E-state index in [9.17, 15) is 13.2 Å². The second kappa shape index (κ2) is 12.1. The zero-order valence-corrected chi connectivity index (χ0v) is 22.3. The summed E-state index contributed by atoms with van der Waals surface area (Å²) in [5.41, 5.74) is 2.29.